The molecule has 3 N–H and O–H groups in total. The molecule has 12 amide bonds. The van der Waals surface area contributed by atoms with Crippen LogP contribution in [0.25, 0.3) is 0 Å². The van der Waals surface area contributed by atoms with E-state index in [0.29, 0.717) is 63.7 Å². The van der Waals surface area contributed by atoms with Crippen LogP contribution in [0.15, 0.2) is 12.2 Å². The molecule has 2 bridgehead atoms. The van der Waals surface area contributed by atoms with Crippen LogP contribution in [-0.4, -0.2) is 275 Å². The maximum absolute atomic E-state index is 15.6. The summed E-state index contributed by atoms with van der Waals surface area (Å²) in [7, 11) is 12.0. The van der Waals surface area contributed by atoms with Crippen LogP contribution < -0.4 is 16.0 Å². The van der Waals surface area contributed by atoms with Gasteiger partial charge in [0.2, 0.25) is 70.9 Å². The number of likely N-dealkylation sites (N-methyl/N-ethyl adjacent to an activating group) is 7. The monoisotopic (exact) mass is 1480 g/mol. The molecule has 13 atom stereocenters. The van der Waals surface area contributed by atoms with Gasteiger partial charge in [0.25, 0.3) is 0 Å². The number of carbonyl (C=O) groups is 12. The van der Waals surface area contributed by atoms with Crippen LogP contribution in [0.3, 0.4) is 0 Å². The number of halogens is 2. The van der Waals surface area contributed by atoms with Crippen molar-refractivity contribution >= 4 is 94.1 Å². The first-order valence-electron chi connectivity index (χ1n) is 38.7. The van der Waals surface area contributed by atoms with Gasteiger partial charge in [-0.25, -0.2) is 0 Å². The lowest BCUT2D eigenvalue weighted by Crippen LogP contribution is -2.68. The van der Waals surface area contributed by atoms with Crippen molar-refractivity contribution in [3.8, 4) is 0 Å². The maximum atomic E-state index is 15.6. The number of alkyl halides is 2. The summed E-state index contributed by atoms with van der Waals surface area (Å²) in [6.07, 6.45) is 17.4. The molecule has 0 aromatic heterocycles. The summed E-state index contributed by atoms with van der Waals surface area (Å²) >= 11 is 13.3. The molecule has 1 spiro atoms. The normalized spacial score (nSPS) is 32.8. The Morgan fingerprint density at radius 3 is 1.87 bits per heavy atom. The Labute approximate surface area is 622 Å². The van der Waals surface area contributed by atoms with Gasteiger partial charge in [-0.15, -0.1) is 23.2 Å². The first-order valence-corrected chi connectivity index (χ1v) is 39.6. The first kappa shape index (κ1) is 82.6. The number of hydrogen-bond donors (Lipinski definition) is 3. The number of hydrogen-bond acceptors (Lipinski definition) is 13. The first-order chi connectivity index (χ1) is 48.9. The zero-order valence-electron chi connectivity index (χ0n) is 63.7. The van der Waals surface area contributed by atoms with Gasteiger partial charge in [0, 0.05) is 87.9 Å². The zero-order chi connectivity index (χ0) is 75.3. The van der Waals surface area contributed by atoms with Crippen LogP contribution in [0.4, 0.5) is 0 Å². The number of carbonyl (C=O) groups excluding carboxylic acids is 12. The number of nitrogens with zero attached hydrogens (tertiary/aromatic N) is 9. The predicted octanol–water partition coefficient (Wildman–Crippen LogP) is 6.09. The Morgan fingerprint density at radius 1 is 0.621 bits per heavy atom. The molecule has 103 heavy (non-hydrogen) atoms. The summed E-state index contributed by atoms with van der Waals surface area (Å²) in [6.45, 7) is 7.09. The number of amides is 12. The third-order valence-electron chi connectivity index (χ3n) is 24.6. The molecule has 2 saturated heterocycles. The summed E-state index contributed by atoms with van der Waals surface area (Å²) in [4.78, 5) is 194. The van der Waals surface area contributed by atoms with E-state index >= 15 is 38.4 Å². The quantitative estimate of drug-likeness (QED) is 0.139. The molecule has 5 saturated carbocycles. The number of nitrogens with one attached hydrogen (secondary N) is 3. The molecule has 578 valence electrons. The highest BCUT2D eigenvalue weighted by molar-refractivity contribution is 6.30. The smallest absolute Gasteiger partial charge is 0.248 e. The van der Waals surface area contributed by atoms with Crippen molar-refractivity contribution < 1.29 is 62.3 Å². The maximum Gasteiger partial charge on any atom is 0.248 e. The van der Waals surface area contributed by atoms with Gasteiger partial charge in [-0.2, -0.15) is 0 Å². The predicted molar refractivity (Wildman–Crippen MR) is 392 cm³/mol. The second kappa shape index (κ2) is 37.4. The molecule has 27 heteroatoms. The molecule has 3 heterocycles. The zero-order valence-corrected chi connectivity index (χ0v) is 65.2. The molecule has 0 aromatic carbocycles. The van der Waals surface area contributed by atoms with E-state index in [1.165, 1.54) is 95.6 Å². The largest absolute Gasteiger partial charge is 0.377 e. The minimum Gasteiger partial charge on any atom is -0.377 e. The van der Waals surface area contributed by atoms with E-state index < -0.39 is 156 Å². The minimum absolute atomic E-state index is 0.0163. The van der Waals surface area contributed by atoms with Gasteiger partial charge < -0.3 is 64.8 Å². The molecular formula is C76H122Cl2N12O13. The molecule has 8 aliphatic rings. The molecule has 0 radical (unpaired) electrons. The average molecular weight is 1480 g/mol. The third kappa shape index (κ3) is 20.3. The second-order valence-electron chi connectivity index (χ2n) is 32.1. The lowest BCUT2D eigenvalue weighted by molar-refractivity contribution is -0.158. The Bertz CT molecular complexity index is 3040. The SMILES string of the molecule is CCO[C@@H]1C[C@H]2C(=O)NC3(CCC3)C(=O)N(C)[C@@H](C3CCCC3)C(=O)N(C)[C@H](C(=O)N(C)C)CC(=O)N(C)[C@@H](CC3CCCC3)C(=O)N[C@@H]([C@@H](C)CC)C(=O)N(C)CC(=O)N(C)[C@H]3C/C=C\CCN(C3=O)[C@@H](CC3CCC(C)CC3)C(=O)N(C)CC(=O)N[C@@H](CCC3CCC(Cl)C(Cl)C3)C(=O)N2C1. The van der Waals surface area contributed by atoms with E-state index in [1.807, 2.05) is 32.9 Å². The highest BCUT2D eigenvalue weighted by atomic mass is 35.5. The molecule has 8 rings (SSSR count). The molecule has 3 aliphatic heterocycles. The van der Waals surface area contributed by atoms with Crippen molar-refractivity contribution in [3.05, 3.63) is 12.2 Å². The van der Waals surface area contributed by atoms with Crippen molar-refractivity contribution in [3.63, 3.8) is 0 Å². The van der Waals surface area contributed by atoms with Crippen molar-refractivity contribution in [2.45, 2.75) is 272 Å². The van der Waals surface area contributed by atoms with Crippen molar-refractivity contribution in [1.29, 1.82) is 0 Å². The van der Waals surface area contributed by atoms with E-state index in [4.69, 9.17) is 27.9 Å². The van der Waals surface area contributed by atoms with E-state index in [2.05, 4.69) is 22.9 Å². The van der Waals surface area contributed by atoms with Crippen LogP contribution in [0, 0.1) is 35.5 Å². The lowest BCUT2D eigenvalue weighted by Gasteiger charge is -2.46. The highest BCUT2D eigenvalue weighted by Gasteiger charge is 2.54. The van der Waals surface area contributed by atoms with Crippen molar-refractivity contribution in [1.82, 2.24) is 60.0 Å². The summed E-state index contributed by atoms with van der Waals surface area (Å²) in [5.41, 5.74) is -1.50. The number of rotatable bonds is 13. The van der Waals surface area contributed by atoms with Gasteiger partial charge in [0.1, 0.15) is 53.9 Å². The standard InChI is InChI=1S/C76H122Cl2N12O13/c1-13-48(4)65-73(100)84(8)46-64(93)85(9)57-27-16-15-21-38-89(72(57)99)61(41-51-30-28-47(3)29-31-51)71(98)83(7)45-62(91)79-56(35-33-50-32-34-54(77)55(78)39-50)69(96)90-44-53(103-14-2)42-59(90)68(95)81-76(36-22-37-76)75(102)88(12)66(52-25-19-20-26-52)74(101)87(11)60(70(97)82(5)6)43-63(92)86(10)58(67(94)80-65)40-49-23-17-18-24-49/h15-16,47-61,65-66H,13-14,17-46H2,1-12H3,(H,79,91)(H,80,94)(H,81,95)/b16-15-/t47?,48-,50?,51?,53+,54?,55?,56-,57-,58-,59-,60-,61-,65-,66-/m0/s1. The summed E-state index contributed by atoms with van der Waals surface area (Å²) in [5, 5.41) is 8.58. The minimum atomic E-state index is -1.50. The fourth-order valence-corrected chi connectivity index (χ4v) is 18.1. The molecule has 25 nitrogen and oxygen atoms in total. The van der Waals surface area contributed by atoms with E-state index in [9.17, 15) is 19.2 Å². The fourth-order valence-electron chi connectivity index (χ4n) is 17.5. The van der Waals surface area contributed by atoms with Crippen LogP contribution in [-0.2, 0) is 62.3 Å². The molecule has 0 aromatic rings. The Kier molecular flexibility index (Phi) is 30.0. The summed E-state index contributed by atoms with van der Waals surface area (Å²) in [6, 6.07) is -9.38. The van der Waals surface area contributed by atoms with Crippen LogP contribution in [0.2, 0.25) is 0 Å². The van der Waals surface area contributed by atoms with Crippen molar-refractivity contribution in [2.75, 3.05) is 89.2 Å². The van der Waals surface area contributed by atoms with Crippen molar-refractivity contribution in [2.24, 2.45) is 35.5 Å². The van der Waals surface area contributed by atoms with Gasteiger partial charge in [-0.05, 0) is 132 Å². The van der Waals surface area contributed by atoms with Crippen LogP contribution >= 0.6 is 23.2 Å². The van der Waals surface area contributed by atoms with E-state index in [1.54, 1.807) is 4.90 Å². The topological polar surface area (TPSA) is 279 Å². The summed E-state index contributed by atoms with van der Waals surface area (Å²) < 4.78 is 6.15. The van der Waals surface area contributed by atoms with E-state index in [-0.39, 0.29) is 92.6 Å². The highest BCUT2D eigenvalue weighted by Crippen LogP contribution is 2.40. The van der Waals surface area contributed by atoms with Gasteiger partial charge in [0.15, 0.2) is 0 Å². The average Bonchev–Trinajstić information content (AvgIpc) is 1.67. The fraction of sp³-hybridized carbons (Fsp3) is 0.816. The Morgan fingerprint density at radius 2 is 1.25 bits per heavy atom. The van der Waals surface area contributed by atoms with Gasteiger partial charge in [-0.3, -0.25) is 57.5 Å². The molecule has 5 aliphatic carbocycles. The lowest BCUT2D eigenvalue weighted by atomic mass is 9.74. The number of ether oxygens (including phenoxy) is 1. The molecule has 3 unspecified atom stereocenters. The molecular weight excluding hydrogens is 1360 g/mol. The Balaban J connectivity index is 1.19. The van der Waals surface area contributed by atoms with Crippen LogP contribution in [0.1, 0.15) is 201 Å². The van der Waals surface area contributed by atoms with Crippen LogP contribution in [0.5, 0.6) is 0 Å². The van der Waals surface area contributed by atoms with Gasteiger partial charge in [-0.1, -0.05) is 104 Å². The van der Waals surface area contributed by atoms with E-state index in [0.717, 1.165) is 70.6 Å². The summed E-state index contributed by atoms with van der Waals surface area (Å²) in [5.74, 6) is -7.06. The molecule has 7 fully saturated rings. The van der Waals surface area contributed by atoms with Gasteiger partial charge >= 0.3 is 0 Å². The second-order valence-corrected chi connectivity index (χ2v) is 33.2. The number of fused-ring (bicyclic) bond motifs is 3. The third-order valence-corrected chi connectivity index (χ3v) is 25.7. The Hall–Kier alpha value is -6.08. The van der Waals surface area contributed by atoms with Gasteiger partial charge in [0.05, 0.1) is 31.0 Å².